The number of carbonyl (C=O) groups excluding carboxylic acids is 1. The van der Waals surface area contributed by atoms with Gasteiger partial charge in [0.25, 0.3) is 11.5 Å². The molecule has 0 saturated heterocycles. The number of rotatable bonds is 4. The zero-order chi connectivity index (χ0) is 14.5. The number of hydrogen-bond acceptors (Lipinski definition) is 4. The fourth-order valence-corrected chi connectivity index (χ4v) is 2.34. The van der Waals surface area contributed by atoms with Gasteiger partial charge in [-0.1, -0.05) is 13.3 Å². The molecular weight excluding hydrogens is 276 g/mol. The molecule has 2 aromatic heterocycles. The fourth-order valence-electron chi connectivity index (χ4n) is 1.61. The van der Waals surface area contributed by atoms with E-state index in [1.54, 1.807) is 4.57 Å². The number of thiazole rings is 1. The van der Waals surface area contributed by atoms with Crippen molar-refractivity contribution in [2.75, 3.05) is 0 Å². The van der Waals surface area contributed by atoms with Crippen molar-refractivity contribution in [2.45, 2.75) is 26.3 Å². The van der Waals surface area contributed by atoms with E-state index < -0.39 is 5.91 Å². The molecule has 7 heteroatoms. The first kappa shape index (κ1) is 14.4. The van der Waals surface area contributed by atoms with Gasteiger partial charge in [0.2, 0.25) is 0 Å². The molecule has 6 nitrogen and oxygen atoms in total. The van der Waals surface area contributed by atoms with E-state index in [-0.39, 0.29) is 11.3 Å². The second-order valence-corrected chi connectivity index (χ2v) is 5.22. The molecule has 0 spiro atoms. The van der Waals surface area contributed by atoms with Gasteiger partial charge < -0.3 is 4.57 Å². The average molecular weight is 292 g/mol. The average Bonchev–Trinajstić information content (AvgIpc) is 2.83. The number of unbranched alkanes of at least 4 members (excludes halogenated alkanes) is 1. The first-order valence-corrected chi connectivity index (χ1v) is 7.27. The largest absolute Gasteiger partial charge is 0.327 e. The maximum atomic E-state index is 12.1. The highest BCUT2D eigenvalue weighted by Crippen LogP contribution is 1.97. The molecule has 0 saturated carbocycles. The third kappa shape index (κ3) is 3.30. The molecule has 2 aromatic rings. The van der Waals surface area contributed by atoms with Crippen LogP contribution in [0.15, 0.2) is 33.5 Å². The number of nitrogens with zero attached hydrogens (tertiary/aromatic N) is 4. The Labute approximate surface area is 120 Å². The van der Waals surface area contributed by atoms with E-state index in [1.807, 2.05) is 25.5 Å². The van der Waals surface area contributed by atoms with Gasteiger partial charge in [-0.15, -0.1) is 11.3 Å². The smallest absolute Gasteiger partial charge is 0.300 e. The summed E-state index contributed by atoms with van der Waals surface area (Å²) in [5.41, 5.74) is -0.00853. The number of carbonyl (C=O) groups is 1. The molecule has 20 heavy (non-hydrogen) atoms. The van der Waals surface area contributed by atoms with Crippen molar-refractivity contribution in [1.82, 2.24) is 14.3 Å². The van der Waals surface area contributed by atoms with Crippen molar-refractivity contribution in [3.63, 3.8) is 0 Å². The number of amides is 1. The normalized spacial score (nSPS) is 11.8. The summed E-state index contributed by atoms with van der Waals surface area (Å²) in [6.07, 6.45) is 3.63. The van der Waals surface area contributed by atoms with Crippen LogP contribution in [-0.4, -0.2) is 20.3 Å². The zero-order valence-corrected chi connectivity index (χ0v) is 12.3. The van der Waals surface area contributed by atoms with Crippen LogP contribution in [0.5, 0.6) is 0 Å². The Balaban J connectivity index is 2.32. The Morgan fingerprint density at radius 3 is 2.90 bits per heavy atom. The maximum Gasteiger partial charge on any atom is 0.300 e. The first-order valence-electron chi connectivity index (χ1n) is 6.39. The second kappa shape index (κ2) is 6.42. The van der Waals surface area contributed by atoms with Crippen molar-refractivity contribution in [2.24, 2.45) is 12.0 Å². The molecule has 1 amide bonds. The predicted molar refractivity (Wildman–Crippen MR) is 76.6 cm³/mol. The van der Waals surface area contributed by atoms with Crippen LogP contribution in [0.4, 0.5) is 0 Å². The molecule has 0 N–H and O–H groups in total. The Kier molecular flexibility index (Phi) is 4.62. The minimum atomic E-state index is -0.437. The number of aromatic nitrogens is 3. The van der Waals surface area contributed by atoms with E-state index in [1.165, 1.54) is 28.2 Å². The standard InChI is InChI=1S/C13H16N4O2S/c1-3-4-7-17-11(18)6-5-10(15-17)12(19)14-13-16(2)8-9-20-13/h5-6,8-9H,3-4,7H2,1-2H3. The maximum absolute atomic E-state index is 12.1. The number of aryl methyl sites for hydroxylation is 2. The highest BCUT2D eigenvalue weighted by Gasteiger charge is 2.08. The van der Waals surface area contributed by atoms with Gasteiger partial charge >= 0.3 is 0 Å². The lowest BCUT2D eigenvalue weighted by molar-refractivity contribution is 0.0990. The molecule has 0 aliphatic rings. The van der Waals surface area contributed by atoms with Crippen molar-refractivity contribution in [3.05, 3.63) is 44.6 Å². The van der Waals surface area contributed by atoms with E-state index in [9.17, 15) is 9.59 Å². The van der Waals surface area contributed by atoms with Gasteiger partial charge in [0, 0.05) is 31.2 Å². The molecule has 0 bridgehead atoms. The summed E-state index contributed by atoms with van der Waals surface area (Å²) in [6.45, 7) is 2.55. The van der Waals surface area contributed by atoms with Crippen LogP contribution < -0.4 is 10.4 Å². The molecule has 0 radical (unpaired) electrons. The molecule has 0 aliphatic carbocycles. The number of hydrogen-bond donors (Lipinski definition) is 0. The van der Waals surface area contributed by atoms with Gasteiger partial charge in [-0.2, -0.15) is 10.1 Å². The summed E-state index contributed by atoms with van der Waals surface area (Å²) in [5, 5.41) is 5.93. The topological polar surface area (TPSA) is 69.2 Å². The quantitative estimate of drug-likeness (QED) is 0.850. The molecule has 2 rings (SSSR count). The van der Waals surface area contributed by atoms with Crippen LogP contribution in [0.3, 0.4) is 0 Å². The Morgan fingerprint density at radius 1 is 1.45 bits per heavy atom. The monoisotopic (exact) mass is 292 g/mol. The minimum absolute atomic E-state index is 0.189. The summed E-state index contributed by atoms with van der Waals surface area (Å²) in [4.78, 5) is 28.3. The molecule has 0 atom stereocenters. The lowest BCUT2D eigenvalue weighted by Crippen LogP contribution is -2.24. The van der Waals surface area contributed by atoms with Gasteiger partial charge in [-0.25, -0.2) is 4.68 Å². The Hall–Kier alpha value is -2.02. The van der Waals surface area contributed by atoms with Gasteiger partial charge in [0.1, 0.15) is 0 Å². The lowest BCUT2D eigenvalue weighted by atomic mass is 10.3. The summed E-state index contributed by atoms with van der Waals surface area (Å²) in [5.74, 6) is -0.437. The van der Waals surface area contributed by atoms with Crippen molar-refractivity contribution >= 4 is 17.2 Å². The van der Waals surface area contributed by atoms with Crippen molar-refractivity contribution in [3.8, 4) is 0 Å². The second-order valence-electron chi connectivity index (χ2n) is 4.35. The summed E-state index contributed by atoms with van der Waals surface area (Å²) in [7, 11) is 1.82. The molecule has 2 heterocycles. The fraction of sp³-hybridized carbons (Fsp3) is 0.385. The van der Waals surface area contributed by atoms with Crippen LogP contribution in [0.25, 0.3) is 0 Å². The molecule has 0 unspecified atom stereocenters. The predicted octanol–water partition coefficient (Wildman–Crippen LogP) is 1.18. The SMILES string of the molecule is CCCCn1nc(C(=O)N=c2sccn2C)ccc1=O. The molecule has 0 aliphatic heterocycles. The van der Waals surface area contributed by atoms with Crippen molar-refractivity contribution < 1.29 is 4.79 Å². The highest BCUT2D eigenvalue weighted by molar-refractivity contribution is 7.07. The molecule has 106 valence electrons. The minimum Gasteiger partial charge on any atom is -0.327 e. The van der Waals surface area contributed by atoms with E-state index in [0.717, 1.165) is 12.8 Å². The van der Waals surface area contributed by atoms with Crippen LogP contribution in [0.2, 0.25) is 0 Å². The summed E-state index contributed by atoms with van der Waals surface area (Å²) < 4.78 is 3.08. The Bertz CT molecular complexity index is 726. The third-order valence-electron chi connectivity index (χ3n) is 2.77. The summed E-state index contributed by atoms with van der Waals surface area (Å²) >= 11 is 1.37. The van der Waals surface area contributed by atoms with Crippen LogP contribution in [0.1, 0.15) is 30.3 Å². The van der Waals surface area contributed by atoms with Gasteiger partial charge in [0.05, 0.1) is 0 Å². The third-order valence-corrected chi connectivity index (χ3v) is 3.61. The van der Waals surface area contributed by atoms with E-state index in [4.69, 9.17) is 0 Å². The van der Waals surface area contributed by atoms with Gasteiger partial charge in [-0.05, 0) is 12.5 Å². The van der Waals surface area contributed by atoms with E-state index >= 15 is 0 Å². The van der Waals surface area contributed by atoms with Crippen LogP contribution in [0, 0.1) is 0 Å². The zero-order valence-electron chi connectivity index (χ0n) is 11.4. The van der Waals surface area contributed by atoms with Crippen LogP contribution >= 0.6 is 11.3 Å². The Morgan fingerprint density at radius 2 is 2.25 bits per heavy atom. The van der Waals surface area contributed by atoms with Gasteiger partial charge in [-0.3, -0.25) is 9.59 Å². The van der Waals surface area contributed by atoms with Crippen LogP contribution in [-0.2, 0) is 13.6 Å². The first-order chi connectivity index (χ1) is 9.61. The van der Waals surface area contributed by atoms with E-state index in [2.05, 4.69) is 10.1 Å². The molecule has 0 fully saturated rings. The molecular formula is C13H16N4O2S. The van der Waals surface area contributed by atoms with Gasteiger partial charge in [0.15, 0.2) is 10.5 Å². The van der Waals surface area contributed by atoms with E-state index in [0.29, 0.717) is 11.3 Å². The highest BCUT2D eigenvalue weighted by atomic mass is 32.1. The molecule has 0 aromatic carbocycles. The van der Waals surface area contributed by atoms with Crippen molar-refractivity contribution in [1.29, 1.82) is 0 Å². The lowest BCUT2D eigenvalue weighted by Gasteiger charge is -2.03. The summed E-state index contributed by atoms with van der Waals surface area (Å²) in [6, 6.07) is 2.78.